The van der Waals surface area contributed by atoms with Crippen molar-refractivity contribution in [2.45, 2.75) is 136 Å². The molecule has 1 atom stereocenters. The molecule has 0 aromatic carbocycles. The Morgan fingerprint density at radius 2 is 1.51 bits per heavy atom. The van der Waals surface area contributed by atoms with Gasteiger partial charge in [-0.05, 0) is 26.2 Å². The number of ether oxygens (including phenoxy) is 2. The Bertz CT molecular complexity index is 649. The van der Waals surface area contributed by atoms with Crippen molar-refractivity contribution in [3.63, 3.8) is 0 Å². The lowest BCUT2D eigenvalue weighted by molar-refractivity contribution is -0.696. The fraction of sp³-hybridized carbons (Fsp3) is 0.862. The molecular formula is C29H54N3O3+. The van der Waals surface area contributed by atoms with Gasteiger partial charge in [-0.25, -0.2) is 13.9 Å². The third kappa shape index (κ3) is 13.9. The van der Waals surface area contributed by atoms with Crippen molar-refractivity contribution in [2.75, 3.05) is 26.3 Å². The van der Waals surface area contributed by atoms with E-state index in [4.69, 9.17) is 9.47 Å². The smallest absolute Gasteiger partial charge is 0.410 e. The van der Waals surface area contributed by atoms with Gasteiger partial charge >= 0.3 is 6.09 Å². The molecule has 0 saturated carbocycles. The average Bonchev–Trinajstić information content (AvgIpc) is 3.47. The molecule has 6 heteroatoms. The van der Waals surface area contributed by atoms with Gasteiger partial charge in [0.1, 0.15) is 18.5 Å². The number of hydrogen-bond acceptors (Lipinski definition) is 3. The first-order valence-electron chi connectivity index (χ1n) is 14.8. The van der Waals surface area contributed by atoms with Crippen LogP contribution in [0.4, 0.5) is 4.79 Å². The molecule has 1 aliphatic heterocycles. The topological polar surface area (TPSA) is 47.6 Å². The summed E-state index contributed by atoms with van der Waals surface area (Å²) in [4.78, 5) is 13.9. The highest BCUT2D eigenvalue weighted by molar-refractivity contribution is 5.69. The first-order valence-corrected chi connectivity index (χ1v) is 14.8. The zero-order chi connectivity index (χ0) is 25.0. The monoisotopic (exact) mass is 492 g/mol. The Balaban J connectivity index is 1.34. The van der Waals surface area contributed by atoms with Gasteiger partial charge in [0.05, 0.1) is 26.2 Å². The molecule has 2 rings (SSSR count). The summed E-state index contributed by atoms with van der Waals surface area (Å²) >= 11 is 0. The zero-order valence-electron chi connectivity index (χ0n) is 22.9. The van der Waals surface area contributed by atoms with Crippen molar-refractivity contribution in [1.29, 1.82) is 0 Å². The maximum atomic E-state index is 12.1. The molecule has 1 saturated heterocycles. The molecule has 0 aliphatic carbocycles. The van der Waals surface area contributed by atoms with E-state index in [2.05, 4.69) is 41.7 Å². The summed E-state index contributed by atoms with van der Waals surface area (Å²) < 4.78 is 15.7. The van der Waals surface area contributed by atoms with E-state index in [-0.39, 0.29) is 12.2 Å². The van der Waals surface area contributed by atoms with Crippen molar-refractivity contribution in [2.24, 2.45) is 0 Å². The molecule has 0 radical (unpaired) electrons. The normalized spacial score (nSPS) is 15.8. The summed E-state index contributed by atoms with van der Waals surface area (Å²) in [6, 6.07) is 0. The van der Waals surface area contributed by atoms with E-state index in [1.54, 1.807) is 0 Å². The van der Waals surface area contributed by atoms with Crippen LogP contribution in [0.2, 0.25) is 0 Å². The highest BCUT2D eigenvalue weighted by Gasteiger charge is 2.30. The number of aryl methyl sites for hydroxylation is 2. The van der Waals surface area contributed by atoms with Gasteiger partial charge in [-0.2, -0.15) is 0 Å². The highest BCUT2D eigenvalue weighted by atomic mass is 16.6. The summed E-state index contributed by atoms with van der Waals surface area (Å²) in [5.74, 6) is 0. The zero-order valence-corrected chi connectivity index (χ0v) is 22.9. The molecule has 1 aromatic heterocycles. The number of rotatable bonds is 23. The summed E-state index contributed by atoms with van der Waals surface area (Å²) in [5, 5.41) is 0. The molecule has 6 nitrogen and oxygen atoms in total. The van der Waals surface area contributed by atoms with Crippen LogP contribution in [0.3, 0.4) is 0 Å². The Morgan fingerprint density at radius 1 is 0.886 bits per heavy atom. The minimum atomic E-state index is -0.181. The van der Waals surface area contributed by atoms with Crippen LogP contribution in [0.15, 0.2) is 18.7 Å². The van der Waals surface area contributed by atoms with Gasteiger partial charge in [-0.3, -0.25) is 0 Å². The van der Waals surface area contributed by atoms with Crippen molar-refractivity contribution < 1.29 is 18.8 Å². The van der Waals surface area contributed by atoms with E-state index in [9.17, 15) is 4.79 Å². The molecule has 2 heterocycles. The molecule has 202 valence electrons. The summed E-state index contributed by atoms with van der Waals surface area (Å²) in [5.41, 5.74) is 0. The summed E-state index contributed by atoms with van der Waals surface area (Å²) in [7, 11) is 0. The largest absolute Gasteiger partial charge is 0.442 e. The van der Waals surface area contributed by atoms with Crippen molar-refractivity contribution in [3.05, 3.63) is 18.7 Å². The van der Waals surface area contributed by atoms with E-state index in [1.165, 1.54) is 83.5 Å². The maximum absolute atomic E-state index is 12.1. The van der Waals surface area contributed by atoms with Crippen LogP contribution in [0.1, 0.15) is 117 Å². The second-order valence-corrected chi connectivity index (χ2v) is 10.3. The number of aromatic nitrogens is 2. The van der Waals surface area contributed by atoms with Crippen molar-refractivity contribution in [3.8, 4) is 0 Å². The van der Waals surface area contributed by atoms with Crippen LogP contribution in [0.25, 0.3) is 0 Å². The summed E-state index contributed by atoms with van der Waals surface area (Å²) in [6.45, 7) is 9.15. The third-order valence-corrected chi connectivity index (χ3v) is 7.10. The van der Waals surface area contributed by atoms with Gasteiger partial charge in [0, 0.05) is 13.2 Å². The fourth-order valence-corrected chi connectivity index (χ4v) is 4.81. The van der Waals surface area contributed by atoms with E-state index in [0.717, 1.165) is 45.5 Å². The number of hydrogen-bond donors (Lipinski definition) is 0. The van der Waals surface area contributed by atoms with Crippen LogP contribution >= 0.6 is 0 Å². The van der Waals surface area contributed by atoms with Crippen LogP contribution in [0, 0.1) is 0 Å². The fourth-order valence-electron chi connectivity index (χ4n) is 4.81. The van der Waals surface area contributed by atoms with Crippen molar-refractivity contribution in [1.82, 2.24) is 9.47 Å². The Labute approximate surface area is 215 Å². The molecule has 1 amide bonds. The van der Waals surface area contributed by atoms with Gasteiger partial charge in [0.2, 0.25) is 6.33 Å². The first kappa shape index (κ1) is 29.7. The molecular weight excluding hydrogens is 438 g/mol. The van der Waals surface area contributed by atoms with Crippen LogP contribution in [-0.4, -0.2) is 48.0 Å². The van der Waals surface area contributed by atoms with E-state index < -0.39 is 0 Å². The quantitative estimate of drug-likeness (QED) is 0.123. The SMILES string of the molecule is CCCCCCCCCCCCCCCCOCC1CN(CCCC[n+]2ccn(CC)c2)C(=O)O1. The number of nitrogens with zero attached hydrogens (tertiary/aromatic N) is 3. The van der Waals surface area contributed by atoms with Crippen LogP contribution in [-0.2, 0) is 22.6 Å². The number of unbranched alkanes of at least 4 members (excludes halogenated alkanes) is 14. The predicted molar refractivity (Wildman–Crippen MR) is 143 cm³/mol. The van der Waals surface area contributed by atoms with Gasteiger partial charge in [0.25, 0.3) is 0 Å². The lowest BCUT2D eigenvalue weighted by Gasteiger charge is -2.12. The highest BCUT2D eigenvalue weighted by Crippen LogP contribution is 2.14. The lowest BCUT2D eigenvalue weighted by atomic mass is 10.0. The second-order valence-electron chi connectivity index (χ2n) is 10.3. The predicted octanol–water partition coefficient (Wildman–Crippen LogP) is 6.89. The molecule has 1 aromatic rings. The number of carbonyl (C=O) groups excluding carboxylic acids is 1. The summed E-state index contributed by atoms with van der Waals surface area (Å²) in [6.07, 6.45) is 27.2. The number of carbonyl (C=O) groups is 1. The van der Waals surface area contributed by atoms with Gasteiger partial charge < -0.3 is 14.4 Å². The molecule has 0 bridgehead atoms. The standard InChI is InChI=1S/C29H54N3O3/c1-3-5-6-7-8-9-10-11-12-13-14-15-16-19-24-34-26-28-25-32(29(33)35-28)21-18-17-20-31-23-22-30(4-2)27-31/h22-23,27-28H,3-21,24-26H2,1-2H3/q+1. The van der Waals surface area contributed by atoms with Gasteiger partial charge in [0.15, 0.2) is 0 Å². The Morgan fingerprint density at radius 3 is 2.11 bits per heavy atom. The van der Waals surface area contributed by atoms with Crippen LogP contribution in [0.5, 0.6) is 0 Å². The van der Waals surface area contributed by atoms with E-state index >= 15 is 0 Å². The molecule has 1 aliphatic rings. The van der Waals surface area contributed by atoms with Crippen LogP contribution < -0.4 is 4.57 Å². The molecule has 0 N–H and O–H groups in total. The molecule has 1 fully saturated rings. The maximum Gasteiger partial charge on any atom is 0.410 e. The molecule has 0 spiro atoms. The minimum Gasteiger partial charge on any atom is -0.442 e. The number of cyclic esters (lactones) is 1. The molecule has 35 heavy (non-hydrogen) atoms. The van der Waals surface area contributed by atoms with Gasteiger partial charge in [-0.15, -0.1) is 0 Å². The average molecular weight is 493 g/mol. The minimum absolute atomic E-state index is 0.109. The van der Waals surface area contributed by atoms with Crippen molar-refractivity contribution >= 4 is 6.09 Å². The number of amides is 1. The third-order valence-electron chi connectivity index (χ3n) is 7.10. The van der Waals surface area contributed by atoms with E-state index in [1.807, 2.05) is 4.90 Å². The Hall–Kier alpha value is -1.56. The Kier molecular flexibility index (Phi) is 16.6. The van der Waals surface area contributed by atoms with Gasteiger partial charge in [-0.1, -0.05) is 90.4 Å². The van der Waals surface area contributed by atoms with E-state index in [0.29, 0.717) is 13.2 Å². The number of imidazole rings is 1. The first-order chi connectivity index (χ1) is 17.2. The molecule has 1 unspecified atom stereocenters. The lowest BCUT2D eigenvalue weighted by Crippen LogP contribution is -2.32. The second kappa shape index (κ2) is 19.6.